The predicted octanol–water partition coefficient (Wildman–Crippen LogP) is 3.67. The number of rotatable bonds is 7. The predicted molar refractivity (Wildman–Crippen MR) is 103 cm³/mol. The average molecular weight is 405 g/mol. The van der Waals surface area contributed by atoms with E-state index >= 15 is 0 Å². The third-order valence-electron chi connectivity index (χ3n) is 4.51. The van der Waals surface area contributed by atoms with Crippen molar-refractivity contribution in [3.8, 4) is 0 Å². The Bertz CT molecular complexity index is 877. The molecule has 1 aliphatic rings. The molecule has 0 saturated heterocycles. The van der Waals surface area contributed by atoms with Crippen molar-refractivity contribution in [2.45, 2.75) is 31.6 Å². The van der Waals surface area contributed by atoms with Crippen molar-refractivity contribution in [2.24, 2.45) is 0 Å². The fraction of sp³-hybridized carbons (Fsp3) is 0.333. The second-order valence-electron chi connectivity index (χ2n) is 7.21. The maximum Gasteiger partial charge on any atom is 0.416 e. The Morgan fingerprint density at radius 2 is 1.72 bits per heavy atom. The van der Waals surface area contributed by atoms with Crippen LogP contribution in [-0.4, -0.2) is 36.3 Å². The molecule has 5 nitrogen and oxygen atoms in total. The van der Waals surface area contributed by atoms with E-state index in [0.717, 1.165) is 25.0 Å². The summed E-state index contributed by atoms with van der Waals surface area (Å²) in [4.78, 5) is 26.4. The van der Waals surface area contributed by atoms with Crippen LogP contribution in [0.4, 0.5) is 18.9 Å². The van der Waals surface area contributed by atoms with Crippen molar-refractivity contribution in [3.05, 3.63) is 65.2 Å². The lowest BCUT2D eigenvalue weighted by molar-refractivity contribution is -0.137. The molecule has 2 N–H and O–H groups in total. The Labute approximate surface area is 166 Å². The van der Waals surface area contributed by atoms with Gasteiger partial charge in [-0.15, -0.1) is 0 Å². The summed E-state index contributed by atoms with van der Waals surface area (Å²) in [6.07, 6.45) is -2.44. The number of likely N-dealkylation sites (N-methyl/N-ethyl adjacent to an activating group) is 1. The van der Waals surface area contributed by atoms with E-state index in [1.165, 1.54) is 12.1 Å². The third kappa shape index (κ3) is 6.05. The van der Waals surface area contributed by atoms with Crippen LogP contribution in [0.1, 0.15) is 34.3 Å². The smallest absolute Gasteiger partial charge is 0.349 e. The lowest BCUT2D eigenvalue weighted by Crippen LogP contribution is -2.31. The Kier molecular flexibility index (Phi) is 6.22. The van der Waals surface area contributed by atoms with E-state index in [2.05, 4.69) is 10.6 Å². The molecule has 0 radical (unpaired) electrons. The molecule has 0 bridgehead atoms. The van der Waals surface area contributed by atoms with Gasteiger partial charge in [-0.1, -0.05) is 24.3 Å². The minimum Gasteiger partial charge on any atom is -0.349 e. The summed E-state index contributed by atoms with van der Waals surface area (Å²) in [5, 5.41) is 5.63. The zero-order valence-electron chi connectivity index (χ0n) is 15.9. The SMILES string of the molecule is CN(CC(=O)Nc1ccccc1C(=O)NC1CC1)Cc1ccc(C(F)(F)F)cc1. The van der Waals surface area contributed by atoms with Crippen LogP contribution in [-0.2, 0) is 17.5 Å². The average Bonchev–Trinajstić information content (AvgIpc) is 3.45. The van der Waals surface area contributed by atoms with Crippen LogP contribution >= 0.6 is 0 Å². The van der Waals surface area contributed by atoms with Crippen molar-refractivity contribution >= 4 is 17.5 Å². The van der Waals surface area contributed by atoms with Gasteiger partial charge in [-0.05, 0) is 49.7 Å². The van der Waals surface area contributed by atoms with Gasteiger partial charge in [0.05, 0.1) is 23.4 Å². The molecule has 0 atom stereocenters. The summed E-state index contributed by atoms with van der Waals surface area (Å²) in [5.41, 5.74) is 0.789. The highest BCUT2D eigenvalue weighted by Gasteiger charge is 2.30. The lowest BCUT2D eigenvalue weighted by Gasteiger charge is -2.18. The Balaban J connectivity index is 1.56. The minimum absolute atomic E-state index is 0.0274. The summed E-state index contributed by atoms with van der Waals surface area (Å²) < 4.78 is 37.9. The first-order valence-corrected chi connectivity index (χ1v) is 9.27. The Morgan fingerprint density at radius 3 is 2.34 bits per heavy atom. The van der Waals surface area contributed by atoms with Gasteiger partial charge in [0.1, 0.15) is 0 Å². The van der Waals surface area contributed by atoms with Gasteiger partial charge in [0.25, 0.3) is 5.91 Å². The summed E-state index contributed by atoms with van der Waals surface area (Å²) in [7, 11) is 1.70. The first-order valence-electron chi connectivity index (χ1n) is 9.27. The lowest BCUT2D eigenvalue weighted by atomic mass is 10.1. The largest absolute Gasteiger partial charge is 0.416 e. The standard InChI is InChI=1S/C21H22F3N3O2/c1-27(12-14-6-8-15(9-7-14)21(22,23)24)13-19(28)26-18-5-3-2-4-17(18)20(29)25-16-10-11-16/h2-9,16H,10-13H2,1H3,(H,25,29)(H,26,28). The molecule has 0 heterocycles. The molecule has 2 aromatic carbocycles. The molecule has 3 rings (SSSR count). The topological polar surface area (TPSA) is 61.4 Å². The van der Waals surface area contributed by atoms with Crippen molar-refractivity contribution in [3.63, 3.8) is 0 Å². The van der Waals surface area contributed by atoms with Crippen LogP contribution in [0.15, 0.2) is 48.5 Å². The number of benzene rings is 2. The van der Waals surface area contributed by atoms with E-state index in [-0.39, 0.29) is 24.4 Å². The molecule has 1 saturated carbocycles. The number of anilines is 1. The number of nitrogens with zero attached hydrogens (tertiary/aromatic N) is 1. The fourth-order valence-electron chi connectivity index (χ4n) is 2.88. The molecule has 1 fully saturated rings. The van der Waals surface area contributed by atoms with Gasteiger partial charge in [-0.2, -0.15) is 13.2 Å². The normalized spacial score (nSPS) is 14.0. The Morgan fingerprint density at radius 1 is 1.07 bits per heavy atom. The first-order chi connectivity index (χ1) is 13.7. The quantitative estimate of drug-likeness (QED) is 0.739. The van der Waals surface area contributed by atoms with Crippen LogP contribution in [0.5, 0.6) is 0 Å². The second kappa shape index (κ2) is 8.65. The monoisotopic (exact) mass is 405 g/mol. The van der Waals surface area contributed by atoms with Crippen molar-refractivity contribution < 1.29 is 22.8 Å². The fourth-order valence-corrected chi connectivity index (χ4v) is 2.88. The van der Waals surface area contributed by atoms with Gasteiger partial charge in [-0.25, -0.2) is 0 Å². The van der Waals surface area contributed by atoms with Gasteiger partial charge < -0.3 is 10.6 Å². The number of alkyl halides is 3. The number of hydrogen-bond acceptors (Lipinski definition) is 3. The highest BCUT2D eigenvalue weighted by molar-refractivity contribution is 6.04. The number of carbonyl (C=O) groups excluding carboxylic acids is 2. The maximum atomic E-state index is 12.6. The summed E-state index contributed by atoms with van der Waals surface area (Å²) >= 11 is 0. The molecule has 0 spiro atoms. The number of hydrogen-bond donors (Lipinski definition) is 2. The first kappa shape index (κ1) is 20.9. The molecule has 154 valence electrons. The van der Waals surface area contributed by atoms with E-state index in [1.807, 2.05) is 0 Å². The third-order valence-corrected chi connectivity index (χ3v) is 4.51. The molecule has 0 unspecified atom stereocenters. The van der Waals surface area contributed by atoms with Gasteiger partial charge in [0, 0.05) is 12.6 Å². The summed E-state index contributed by atoms with van der Waals surface area (Å²) in [6, 6.07) is 11.8. The maximum absolute atomic E-state index is 12.6. The van der Waals surface area contributed by atoms with Gasteiger partial charge >= 0.3 is 6.18 Å². The second-order valence-corrected chi connectivity index (χ2v) is 7.21. The molecular weight excluding hydrogens is 383 g/mol. The molecule has 0 aliphatic heterocycles. The van der Waals surface area contributed by atoms with E-state index in [0.29, 0.717) is 23.4 Å². The summed E-state index contributed by atoms with van der Waals surface area (Å²) in [6.45, 7) is 0.342. The van der Waals surface area contributed by atoms with Gasteiger partial charge in [0.2, 0.25) is 5.91 Å². The zero-order chi connectivity index (χ0) is 21.0. The molecule has 2 aromatic rings. The number of amides is 2. The molecule has 8 heteroatoms. The number of halogens is 3. The molecule has 29 heavy (non-hydrogen) atoms. The van der Waals surface area contributed by atoms with Crippen LogP contribution in [0.2, 0.25) is 0 Å². The highest BCUT2D eigenvalue weighted by atomic mass is 19.4. The van der Waals surface area contributed by atoms with Crippen LogP contribution in [0.25, 0.3) is 0 Å². The van der Waals surface area contributed by atoms with Crippen molar-refractivity contribution in [1.82, 2.24) is 10.2 Å². The van der Waals surface area contributed by atoms with Gasteiger partial charge in [0.15, 0.2) is 0 Å². The van der Waals surface area contributed by atoms with Crippen molar-refractivity contribution in [2.75, 3.05) is 18.9 Å². The van der Waals surface area contributed by atoms with Gasteiger partial charge in [-0.3, -0.25) is 14.5 Å². The summed E-state index contributed by atoms with van der Waals surface area (Å²) in [5.74, 6) is -0.535. The minimum atomic E-state index is -4.37. The van der Waals surface area contributed by atoms with E-state index < -0.39 is 11.7 Å². The Hall–Kier alpha value is -2.87. The highest BCUT2D eigenvalue weighted by Crippen LogP contribution is 2.29. The van der Waals surface area contributed by atoms with Crippen LogP contribution in [0, 0.1) is 0 Å². The number of carbonyl (C=O) groups is 2. The van der Waals surface area contributed by atoms with E-state index in [9.17, 15) is 22.8 Å². The van der Waals surface area contributed by atoms with E-state index in [1.54, 1.807) is 36.2 Å². The molecular formula is C21H22F3N3O2. The molecule has 2 amide bonds. The number of para-hydroxylation sites is 1. The van der Waals surface area contributed by atoms with Crippen LogP contribution in [0.3, 0.4) is 0 Å². The molecule has 0 aromatic heterocycles. The zero-order valence-corrected chi connectivity index (χ0v) is 15.9. The number of nitrogens with one attached hydrogen (secondary N) is 2. The van der Waals surface area contributed by atoms with E-state index in [4.69, 9.17) is 0 Å². The molecule has 1 aliphatic carbocycles. The van der Waals surface area contributed by atoms with Crippen molar-refractivity contribution in [1.29, 1.82) is 0 Å². The van der Waals surface area contributed by atoms with Crippen LogP contribution < -0.4 is 10.6 Å².